The summed E-state index contributed by atoms with van der Waals surface area (Å²) in [5.41, 5.74) is 2.23. The molecule has 2 aromatic heterocycles. The second kappa shape index (κ2) is 9.29. The van der Waals surface area contributed by atoms with Crippen LogP contribution in [-0.4, -0.2) is 45.9 Å². The molecular weight excluding hydrogens is 432 g/mol. The van der Waals surface area contributed by atoms with Crippen molar-refractivity contribution in [2.45, 2.75) is 44.9 Å². The Hall–Kier alpha value is -2.67. The molecule has 2 fully saturated rings. The Kier molecular flexibility index (Phi) is 6.23. The van der Waals surface area contributed by atoms with Gasteiger partial charge in [-0.1, -0.05) is 18.2 Å². The van der Waals surface area contributed by atoms with E-state index in [0.717, 1.165) is 68.5 Å². The number of hydrogen-bond acceptors (Lipinski definition) is 4. The number of likely N-dealkylation sites (tertiary alicyclic amines) is 1. The van der Waals surface area contributed by atoms with Crippen LogP contribution < -0.4 is 5.32 Å². The standard InChI is InChI=1S/C26H32N4O2S/c1-29-22-9-3-2-8-21(22)28-23(29)11-14-27-25(32)20-18-26(20)12-15-30(16-13-26)24(31)10-4-6-19-7-5-17-33-19/h2-3,5,7-9,17,20H,4,6,10-16,18H2,1H3,(H,27,32). The van der Waals surface area contributed by atoms with Crippen molar-refractivity contribution < 1.29 is 9.59 Å². The Morgan fingerprint density at radius 1 is 1.15 bits per heavy atom. The van der Waals surface area contributed by atoms with Gasteiger partial charge in [0, 0.05) is 50.3 Å². The molecule has 174 valence electrons. The van der Waals surface area contributed by atoms with E-state index in [9.17, 15) is 9.59 Å². The topological polar surface area (TPSA) is 67.2 Å². The monoisotopic (exact) mass is 464 g/mol. The maximum Gasteiger partial charge on any atom is 0.223 e. The molecule has 3 aromatic rings. The van der Waals surface area contributed by atoms with Gasteiger partial charge < -0.3 is 14.8 Å². The number of thiophene rings is 1. The third kappa shape index (κ3) is 4.69. The van der Waals surface area contributed by atoms with Crippen LogP contribution in [0.1, 0.15) is 42.8 Å². The highest BCUT2D eigenvalue weighted by Gasteiger charge is 2.58. The number of rotatable bonds is 8. The largest absolute Gasteiger partial charge is 0.355 e. The molecule has 2 amide bonds. The van der Waals surface area contributed by atoms with Crippen LogP contribution >= 0.6 is 11.3 Å². The molecule has 1 atom stereocenters. The zero-order valence-corrected chi connectivity index (χ0v) is 20.1. The number of hydrogen-bond donors (Lipinski definition) is 1. The molecule has 1 unspecified atom stereocenters. The second-order valence-corrected chi connectivity index (χ2v) is 10.6. The summed E-state index contributed by atoms with van der Waals surface area (Å²) >= 11 is 1.76. The Labute approximate surface area is 199 Å². The molecular formula is C26H32N4O2S. The fourth-order valence-electron chi connectivity index (χ4n) is 5.34. The van der Waals surface area contributed by atoms with Gasteiger partial charge in [0.1, 0.15) is 5.82 Å². The zero-order valence-electron chi connectivity index (χ0n) is 19.3. The van der Waals surface area contributed by atoms with E-state index in [0.29, 0.717) is 13.0 Å². The number of carbonyl (C=O) groups is 2. The summed E-state index contributed by atoms with van der Waals surface area (Å²) in [6.07, 6.45) is 6.11. The van der Waals surface area contributed by atoms with Crippen LogP contribution in [0.15, 0.2) is 41.8 Å². The molecule has 1 aliphatic heterocycles. The highest BCUT2D eigenvalue weighted by molar-refractivity contribution is 7.09. The van der Waals surface area contributed by atoms with Crippen LogP contribution in [0.5, 0.6) is 0 Å². The molecule has 1 N–H and O–H groups in total. The van der Waals surface area contributed by atoms with E-state index in [1.54, 1.807) is 11.3 Å². The van der Waals surface area contributed by atoms with Crippen molar-refractivity contribution in [2.24, 2.45) is 18.4 Å². The Morgan fingerprint density at radius 3 is 2.73 bits per heavy atom. The molecule has 33 heavy (non-hydrogen) atoms. The third-order valence-corrected chi connectivity index (χ3v) is 8.48. The van der Waals surface area contributed by atoms with Crippen molar-refractivity contribution in [1.82, 2.24) is 19.8 Å². The fourth-order valence-corrected chi connectivity index (χ4v) is 6.09. The van der Waals surface area contributed by atoms with Crippen molar-refractivity contribution in [2.75, 3.05) is 19.6 Å². The quantitative estimate of drug-likeness (QED) is 0.549. The number of amides is 2. The summed E-state index contributed by atoms with van der Waals surface area (Å²) in [6.45, 7) is 2.19. The summed E-state index contributed by atoms with van der Waals surface area (Å²) in [6, 6.07) is 12.3. The molecule has 2 aliphatic rings. The highest BCUT2D eigenvalue weighted by Crippen LogP contribution is 2.59. The molecule has 6 nitrogen and oxygen atoms in total. The van der Waals surface area contributed by atoms with Crippen LogP contribution in [0.25, 0.3) is 11.0 Å². The lowest BCUT2D eigenvalue weighted by Gasteiger charge is -2.33. The van der Waals surface area contributed by atoms with Crippen LogP contribution in [0.3, 0.4) is 0 Å². The smallest absolute Gasteiger partial charge is 0.223 e. The number of imidazole rings is 1. The van der Waals surface area contributed by atoms with Gasteiger partial charge in [0.2, 0.25) is 11.8 Å². The molecule has 7 heteroatoms. The molecule has 1 saturated heterocycles. The van der Waals surface area contributed by atoms with Gasteiger partial charge in [0.15, 0.2) is 0 Å². The maximum absolute atomic E-state index is 12.8. The third-order valence-electron chi connectivity index (χ3n) is 7.54. The fraction of sp³-hybridized carbons (Fsp3) is 0.500. The van der Waals surface area contributed by atoms with Gasteiger partial charge in [0.25, 0.3) is 0 Å². The number of piperidine rings is 1. The van der Waals surface area contributed by atoms with Crippen LogP contribution in [0, 0.1) is 11.3 Å². The van der Waals surface area contributed by atoms with E-state index < -0.39 is 0 Å². The van der Waals surface area contributed by atoms with Gasteiger partial charge >= 0.3 is 0 Å². The van der Waals surface area contributed by atoms with Gasteiger partial charge in [-0.3, -0.25) is 9.59 Å². The van der Waals surface area contributed by atoms with E-state index in [4.69, 9.17) is 0 Å². The number of nitrogens with zero attached hydrogens (tertiary/aromatic N) is 3. The highest BCUT2D eigenvalue weighted by atomic mass is 32.1. The first-order valence-electron chi connectivity index (χ1n) is 12.0. The summed E-state index contributed by atoms with van der Waals surface area (Å²) in [7, 11) is 2.03. The number of aryl methyl sites for hydroxylation is 2. The van der Waals surface area contributed by atoms with Gasteiger partial charge in [0.05, 0.1) is 11.0 Å². The first kappa shape index (κ1) is 22.1. The van der Waals surface area contributed by atoms with E-state index in [-0.39, 0.29) is 23.1 Å². The van der Waals surface area contributed by atoms with Crippen molar-refractivity contribution in [1.29, 1.82) is 0 Å². The number of fused-ring (bicyclic) bond motifs is 1. The minimum atomic E-state index is 0.106. The first-order chi connectivity index (χ1) is 16.1. The molecule has 1 saturated carbocycles. The second-order valence-electron chi connectivity index (χ2n) is 9.55. The predicted molar refractivity (Wildman–Crippen MR) is 131 cm³/mol. The molecule has 5 rings (SSSR count). The van der Waals surface area contributed by atoms with Crippen molar-refractivity contribution in [3.05, 3.63) is 52.5 Å². The first-order valence-corrected chi connectivity index (χ1v) is 12.9. The van der Waals surface area contributed by atoms with Crippen LogP contribution in [-0.2, 0) is 29.5 Å². The molecule has 1 spiro atoms. The summed E-state index contributed by atoms with van der Waals surface area (Å²) in [5.74, 6) is 1.54. The SMILES string of the molecule is Cn1c(CCNC(=O)C2CC23CCN(C(=O)CCCc2cccs2)CC3)nc2ccccc21. The van der Waals surface area contributed by atoms with E-state index >= 15 is 0 Å². The Morgan fingerprint density at radius 2 is 1.97 bits per heavy atom. The minimum absolute atomic E-state index is 0.106. The molecule has 0 bridgehead atoms. The van der Waals surface area contributed by atoms with Crippen LogP contribution in [0.2, 0.25) is 0 Å². The van der Waals surface area contributed by atoms with Crippen molar-refractivity contribution in [3.63, 3.8) is 0 Å². The number of carbonyl (C=O) groups excluding carboxylic acids is 2. The normalized spacial score (nSPS) is 19.2. The average molecular weight is 465 g/mol. The van der Waals surface area contributed by atoms with E-state index in [1.807, 2.05) is 30.1 Å². The zero-order chi connectivity index (χ0) is 22.8. The van der Waals surface area contributed by atoms with Gasteiger partial charge in [-0.15, -0.1) is 11.3 Å². The number of nitrogens with one attached hydrogen (secondary N) is 1. The lowest BCUT2D eigenvalue weighted by molar-refractivity contribution is -0.133. The van der Waals surface area contributed by atoms with Crippen molar-refractivity contribution in [3.8, 4) is 0 Å². The lowest BCUT2D eigenvalue weighted by atomic mass is 9.90. The Balaban J connectivity index is 1.04. The summed E-state index contributed by atoms with van der Waals surface area (Å²) in [4.78, 5) is 33.4. The minimum Gasteiger partial charge on any atom is -0.355 e. The van der Waals surface area contributed by atoms with E-state index in [2.05, 4.69) is 38.4 Å². The van der Waals surface area contributed by atoms with E-state index in [1.165, 1.54) is 4.88 Å². The maximum atomic E-state index is 12.8. The average Bonchev–Trinajstić information content (AvgIpc) is 3.14. The summed E-state index contributed by atoms with van der Waals surface area (Å²) < 4.78 is 2.10. The molecule has 1 aliphatic carbocycles. The Bertz CT molecular complexity index is 1130. The molecule has 1 aromatic carbocycles. The molecule has 3 heterocycles. The van der Waals surface area contributed by atoms with Gasteiger partial charge in [-0.2, -0.15) is 0 Å². The number of benzene rings is 1. The predicted octanol–water partition coefficient (Wildman–Crippen LogP) is 3.95. The molecule has 0 radical (unpaired) electrons. The number of aromatic nitrogens is 2. The van der Waals surface area contributed by atoms with Crippen LogP contribution in [0.4, 0.5) is 0 Å². The lowest BCUT2D eigenvalue weighted by Crippen LogP contribution is -2.40. The van der Waals surface area contributed by atoms with Gasteiger partial charge in [-0.05, 0) is 61.1 Å². The van der Waals surface area contributed by atoms with Crippen molar-refractivity contribution >= 4 is 34.2 Å². The number of para-hydroxylation sites is 2. The summed E-state index contributed by atoms with van der Waals surface area (Å²) in [5, 5.41) is 5.23. The van der Waals surface area contributed by atoms with Gasteiger partial charge in [-0.25, -0.2) is 4.98 Å².